The number of nitrogens with one attached hydrogen (secondary N) is 1. The smallest absolute Gasteiger partial charge is 0.414 e. The number of rotatable bonds is 5. The molecule has 3 atom stereocenters. The SMILES string of the molecule is CC(=O)NC[C@H]1CN(c2ccc(N3CC4C(C3)C4C(=O)N3CCOCC3)c(F)c2)C(=O)O1. The second-order valence-electron chi connectivity index (χ2n) is 8.89. The highest BCUT2D eigenvalue weighted by Crippen LogP contribution is 2.53. The van der Waals surface area contributed by atoms with Crippen molar-refractivity contribution in [1.82, 2.24) is 10.2 Å². The molecule has 0 bridgehead atoms. The largest absolute Gasteiger partial charge is 0.442 e. The van der Waals surface area contributed by atoms with E-state index in [1.54, 1.807) is 12.1 Å². The van der Waals surface area contributed by atoms with E-state index in [9.17, 15) is 18.8 Å². The van der Waals surface area contributed by atoms with Gasteiger partial charge in [-0.3, -0.25) is 14.5 Å². The Hall–Kier alpha value is -2.88. The Labute approximate surface area is 185 Å². The highest BCUT2D eigenvalue weighted by Gasteiger charge is 2.60. The maximum atomic E-state index is 15.0. The van der Waals surface area contributed by atoms with Crippen LogP contribution in [0.2, 0.25) is 0 Å². The highest BCUT2D eigenvalue weighted by atomic mass is 19.1. The second kappa shape index (κ2) is 8.23. The molecule has 5 rings (SSSR count). The zero-order valence-corrected chi connectivity index (χ0v) is 18.0. The number of morpholine rings is 1. The van der Waals surface area contributed by atoms with Crippen molar-refractivity contribution >= 4 is 29.3 Å². The summed E-state index contributed by atoms with van der Waals surface area (Å²) in [5.74, 6) is 0.192. The number of carbonyl (C=O) groups is 3. The fraction of sp³-hybridized carbons (Fsp3) is 0.591. The van der Waals surface area contributed by atoms with Gasteiger partial charge in [0, 0.05) is 39.0 Å². The van der Waals surface area contributed by atoms with Gasteiger partial charge >= 0.3 is 6.09 Å². The molecule has 3 amide bonds. The summed E-state index contributed by atoms with van der Waals surface area (Å²) >= 11 is 0. The lowest BCUT2D eigenvalue weighted by atomic mass is 10.2. The molecule has 0 radical (unpaired) electrons. The molecular weight excluding hydrogens is 419 g/mol. The summed E-state index contributed by atoms with van der Waals surface area (Å²) in [5.41, 5.74) is 0.909. The van der Waals surface area contributed by atoms with Crippen molar-refractivity contribution in [1.29, 1.82) is 0 Å². The number of nitrogens with zero attached hydrogens (tertiary/aromatic N) is 3. The lowest BCUT2D eigenvalue weighted by Gasteiger charge is -2.29. The number of piperidine rings is 1. The van der Waals surface area contributed by atoms with Crippen LogP contribution in [0.3, 0.4) is 0 Å². The first-order chi connectivity index (χ1) is 15.4. The number of ether oxygens (including phenoxy) is 2. The predicted molar refractivity (Wildman–Crippen MR) is 113 cm³/mol. The van der Waals surface area contributed by atoms with Gasteiger partial charge < -0.3 is 24.6 Å². The summed E-state index contributed by atoms with van der Waals surface area (Å²) in [6.07, 6.45) is -1.03. The van der Waals surface area contributed by atoms with Crippen LogP contribution < -0.4 is 15.1 Å². The fourth-order valence-corrected chi connectivity index (χ4v) is 5.10. The minimum absolute atomic E-state index is 0.0478. The Balaban J connectivity index is 1.19. The molecular formula is C22H27FN4O5. The Kier molecular flexibility index (Phi) is 5.40. The van der Waals surface area contributed by atoms with Crippen molar-refractivity contribution in [2.75, 3.05) is 62.3 Å². The van der Waals surface area contributed by atoms with Gasteiger partial charge in [-0.15, -0.1) is 0 Å². The summed E-state index contributed by atoms with van der Waals surface area (Å²) in [6, 6.07) is 4.74. The first-order valence-electron chi connectivity index (χ1n) is 11.1. The predicted octanol–water partition coefficient (Wildman–Crippen LogP) is 0.828. The molecule has 1 aromatic rings. The first kappa shape index (κ1) is 21.0. The van der Waals surface area contributed by atoms with Crippen LogP contribution in [0, 0.1) is 23.6 Å². The zero-order valence-electron chi connectivity index (χ0n) is 18.0. The minimum Gasteiger partial charge on any atom is -0.442 e. The monoisotopic (exact) mass is 446 g/mol. The zero-order chi connectivity index (χ0) is 22.4. The molecule has 172 valence electrons. The van der Waals surface area contributed by atoms with E-state index in [-0.39, 0.29) is 42.7 Å². The molecule has 2 unspecified atom stereocenters. The van der Waals surface area contributed by atoms with Crippen molar-refractivity contribution in [3.05, 3.63) is 24.0 Å². The van der Waals surface area contributed by atoms with E-state index in [1.807, 2.05) is 9.80 Å². The standard InChI is InChI=1S/C22H27FN4O5/c1-13(28)24-9-15-10-27(22(30)32-15)14-2-3-19(18(23)8-14)26-11-16-17(12-26)20(16)21(29)25-4-6-31-7-5-25/h2-3,8,15-17,20H,4-7,9-12H2,1H3,(H,24,28)/t15-,16?,17?,20?/m0/s1. The second-order valence-corrected chi connectivity index (χ2v) is 8.89. The van der Waals surface area contributed by atoms with Gasteiger partial charge in [-0.05, 0) is 30.0 Å². The van der Waals surface area contributed by atoms with E-state index in [2.05, 4.69) is 5.32 Å². The molecule has 0 aromatic heterocycles. The van der Waals surface area contributed by atoms with Crippen molar-refractivity contribution in [2.45, 2.75) is 13.0 Å². The lowest BCUT2D eigenvalue weighted by Crippen LogP contribution is -2.43. The lowest BCUT2D eigenvalue weighted by molar-refractivity contribution is -0.137. The molecule has 10 heteroatoms. The van der Waals surface area contributed by atoms with Gasteiger partial charge in [-0.2, -0.15) is 0 Å². The van der Waals surface area contributed by atoms with Gasteiger partial charge in [0.25, 0.3) is 0 Å². The number of halogens is 1. The number of cyclic esters (lactones) is 1. The number of hydrogen-bond donors (Lipinski definition) is 1. The molecule has 3 heterocycles. The Morgan fingerprint density at radius 3 is 2.53 bits per heavy atom. The topological polar surface area (TPSA) is 91.4 Å². The van der Waals surface area contributed by atoms with Crippen molar-refractivity contribution in [3.63, 3.8) is 0 Å². The molecule has 4 aliphatic rings. The van der Waals surface area contributed by atoms with Crippen LogP contribution in [-0.2, 0) is 19.1 Å². The average Bonchev–Trinajstić information content (AvgIpc) is 3.08. The highest BCUT2D eigenvalue weighted by molar-refractivity contribution is 5.90. The van der Waals surface area contributed by atoms with Gasteiger partial charge in [0.05, 0.1) is 37.7 Å². The molecule has 9 nitrogen and oxygen atoms in total. The molecule has 1 N–H and O–H groups in total. The van der Waals surface area contributed by atoms with Crippen molar-refractivity contribution < 1.29 is 28.2 Å². The summed E-state index contributed by atoms with van der Waals surface area (Å²) in [7, 11) is 0. The Morgan fingerprint density at radius 1 is 1.16 bits per heavy atom. The number of hydrogen-bond acceptors (Lipinski definition) is 6. The van der Waals surface area contributed by atoms with Gasteiger partial charge in [0.2, 0.25) is 11.8 Å². The summed E-state index contributed by atoms with van der Waals surface area (Å²) in [4.78, 5) is 41.2. The van der Waals surface area contributed by atoms with E-state index < -0.39 is 18.0 Å². The fourth-order valence-electron chi connectivity index (χ4n) is 5.10. The summed E-state index contributed by atoms with van der Waals surface area (Å²) in [6.45, 7) is 5.67. The number of carbonyl (C=O) groups excluding carboxylic acids is 3. The number of amides is 3. The molecule has 1 saturated carbocycles. The minimum atomic E-state index is -0.556. The molecule has 4 fully saturated rings. The summed E-state index contributed by atoms with van der Waals surface area (Å²) in [5, 5.41) is 2.62. The maximum Gasteiger partial charge on any atom is 0.414 e. The number of fused-ring (bicyclic) bond motifs is 1. The molecule has 32 heavy (non-hydrogen) atoms. The summed E-state index contributed by atoms with van der Waals surface area (Å²) < 4.78 is 25.5. The third-order valence-corrected chi connectivity index (χ3v) is 6.84. The van der Waals surface area contributed by atoms with Gasteiger partial charge in [-0.25, -0.2) is 9.18 Å². The van der Waals surface area contributed by atoms with Gasteiger partial charge in [0.15, 0.2) is 0 Å². The van der Waals surface area contributed by atoms with Crippen molar-refractivity contribution in [2.24, 2.45) is 17.8 Å². The third kappa shape index (κ3) is 3.87. The molecule has 0 spiro atoms. The van der Waals surface area contributed by atoms with Crippen LogP contribution >= 0.6 is 0 Å². The normalized spacial score (nSPS) is 29.1. The third-order valence-electron chi connectivity index (χ3n) is 6.84. The van der Waals surface area contributed by atoms with E-state index >= 15 is 0 Å². The Morgan fingerprint density at radius 2 is 1.88 bits per heavy atom. The van der Waals surface area contributed by atoms with Crippen molar-refractivity contribution in [3.8, 4) is 0 Å². The van der Waals surface area contributed by atoms with E-state index in [4.69, 9.17) is 9.47 Å². The first-order valence-corrected chi connectivity index (χ1v) is 11.1. The molecule has 3 saturated heterocycles. The van der Waals surface area contributed by atoms with E-state index in [0.717, 1.165) is 0 Å². The average molecular weight is 446 g/mol. The van der Waals surface area contributed by atoms with Crippen LogP contribution in [0.1, 0.15) is 6.92 Å². The molecule has 1 aliphatic carbocycles. The molecule has 3 aliphatic heterocycles. The Bertz CT molecular complexity index is 925. The van der Waals surface area contributed by atoms with Crippen LogP contribution in [0.4, 0.5) is 20.6 Å². The maximum absolute atomic E-state index is 15.0. The van der Waals surface area contributed by atoms with Crippen LogP contribution in [0.25, 0.3) is 0 Å². The van der Waals surface area contributed by atoms with Crippen LogP contribution in [0.5, 0.6) is 0 Å². The van der Waals surface area contributed by atoms with E-state index in [0.29, 0.717) is 50.8 Å². The quantitative estimate of drug-likeness (QED) is 0.721. The van der Waals surface area contributed by atoms with Gasteiger partial charge in [-0.1, -0.05) is 0 Å². The molecule has 1 aromatic carbocycles. The number of benzene rings is 1. The number of anilines is 2. The van der Waals surface area contributed by atoms with Crippen LogP contribution in [0.15, 0.2) is 18.2 Å². The van der Waals surface area contributed by atoms with Crippen LogP contribution in [-0.4, -0.2) is 81.4 Å². The van der Waals surface area contributed by atoms with E-state index in [1.165, 1.54) is 17.9 Å². The van der Waals surface area contributed by atoms with Gasteiger partial charge in [0.1, 0.15) is 11.9 Å².